The van der Waals surface area contributed by atoms with Crippen molar-refractivity contribution in [3.63, 3.8) is 0 Å². The number of carbonyl (C=O) groups is 4. The van der Waals surface area contributed by atoms with Crippen molar-refractivity contribution in [2.24, 2.45) is 17.6 Å². The highest BCUT2D eigenvalue weighted by molar-refractivity contribution is 5.81. The van der Waals surface area contributed by atoms with E-state index in [1.165, 1.54) is 19.2 Å². The average molecular weight is 494 g/mol. The van der Waals surface area contributed by atoms with Gasteiger partial charge < -0.3 is 24.7 Å². The molecule has 0 aliphatic carbocycles. The first-order chi connectivity index (χ1) is 16.4. The first kappa shape index (κ1) is 30.1. The smallest absolute Gasteiger partial charge is 0.326 e. The summed E-state index contributed by atoms with van der Waals surface area (Å²) in [5.41, 5.74) is 5.44. The molecule has 0 bridgehead atoms. The van der Waals surface area contributed by atoms with Gasteiger partial charge >= 0.3 is 23.9 Å². The van der Waals surface area contributed by atoms with E-state index in [9.17, 15) is 19.2 Å². The van der Waals surface area contributed by atoms with E-state index in [0.29, 0.717) is 12.0 Å². The quantitative estimate of drug-likeness (QED) is 0.234. The van der Waals surface area contributed by atoms with Crippen LogP contribution in [0.3, 0.4) is 0 Å². The lowest BCUT2D eigenvalue weighted by molar-refractivity contribution is -0.151. The zero-order chi connectivity index (χ0) is 26.6. The molecule has 0 spiro atoms. The van der Waals surface area contributed by atoms with Crippen molar-refractivity contribution in [1.82, 2.24) is 0 Å². The minimum absolute atomic E-state index is 0.0116. The number of hydrogen-bond donors (Lipinski definition) is 1. The Balaban J connectivity index is 3.09. The summed E-state index contributed by atoms with van der Waals surface area (Å²) in [7, 11) is 1.23. The van der Waals surface area contributed by atoms with Crippen LogP contribution in [0, 0.1) is 11.8 Å². The van der Waals surface area contributed by atoms with Crippen LogP contribution in [0.4, 0.5) is 0 Å². The molecule has 0 fully saturated rings. The Labute approximate surface area is 207 Å². The summed E-state index contributed by atoms with van der Waals surface area (Å²) in [5, 5.41) is 0. The van der Waals surface area contributed by atoms with Crippen LogP contribution in [0.2, 0.25) is 0 Å². The largest absolute Gasteiger partial charge is 0.468 e. The van der Waals surface area contributed by atoms with E-state index < -0.39 is 29.4 Å². The fourth-order valence-electron chi connectivity index (χ4n) is 3.05. The van der Waals surface area contributed by atoms with Crippen molar-refractivity contribution in [2.75, 3.05) is 13.7 Å². The highest BCUT2D eigenvalue weighted by Crippen LogP contribution is 2.31. The Bertz CT molecular complexity index is 880. The molecule has 0 aliphatic heterocycles. The van der Waals surface area contributed by atoms with Gasteiger partial charge in [-0.15, -0.1) is 0 Å². The predicted octanol–water partition coefficient (Wildman–Crippen LogP) is 3.74. The van der Waals surface area contributed by atoms with Gasteiger partial charge in [0.2, 0.25) is 0 Å². The first-order valence-electron chi connectivity index (χ1n) is 12.0. The number of rotatable bonds is 14. The lowest BCUT2D eigenvalue weighted by atomic mass is 9.88. The zero-order valence-electron chi connectivity index (χ0n) is 21.7. The van der Waals surface area contributed by atoms with Crippen LogP contribution in [0.1, 0.15) is 72.3 Å². The third kappa shape index (κ3) is 10.1. The number of nitrogens with two attached hydrogens (primary N) is 1. The monoisotopic (exact) mass is 493 g/mol. The van der Waals surface area contributed by atoms with Gasteiger partial charge in [0.1, 0.15) is 5.54 Å². The van der Waals surface area contributed by atoms with Crippen LogP contribution in [-0.2, 0) is 35.1 Å². The molecule has 0 unspecified atom stereocenters. The highest BCUT2D eigenvalue weighted by Gasteiger charge is 2.36. The van der Waals surface area contributed by atoms with Crippen molar-refractivity contribution in [3.05, 3.63) is 23.8 Å². The molecule has 196 valence electrons. The summed E-state index contributed by atoms with van der Waals surface area (Å²) in [4.78, 5) is 48.8. The summed E-state index contributed by atoms with van der Waals surface area (Å²) in [6, 6.07) is 4.62. The van der Waals surface area contributed by atoms with E-state index in [1.807, 2.05) is 6.92 Å². The third-order valence-electron chi connectivity index (χ3n) is 5.28. The van der Waals surface area contributed by atoms with Crippen molar-refractivity contribution in [3.8, 4) is 11.5 Å². The number of carbonyl (C=O) groups excluding carboxylic acids is 4. The minimum atomic E-state index is -1.49. The molecule has 0 aromatic heterocycles. The molecule has 0 aliphatic rings. The van der Waals surface area contributed by atoms with Crippen LogP contribution < -0.4 is 15.2 Å². The molecule has 0 saturated carbocycles. The SMILES string of the molecule is CCCCCC(=O)OCC[C@@](N)(Cc1ccc(OC(=O)C(C)C)c(OC(=O)C(C)C)c1)C(=O)OC. The average Bonchev–Trinajstić information content (AvgIpc) is 2.79. The molecule has 2 N–H and O–H groups in total. The van der Waals surface area contributed by atoms with Crippen LogP contribution in [0.15, 0.2) is 18.2 Å². The van der Waals surface area contributed by atoms with Crippen molar-refractivity contribution >= 4 is 23.9 Å². The van der Waals surface area contributed by atoms with Gasteiger partial charge in [0.15, 0.2) is 11.5 Å². The maximum absolute atomic E-state index is 12.5. The predicted molar refractivity (Wildman–Crippen MR) is 130 cm³/mol. The van der Waals surface area contributed by atoms with Gasteiger partial charge in [0.25, 0.3) is 0 Å². The molecule has 0 heterocycles. The second-order valence-corrected chi connectivity index (χ2v) is 9.18. The standard InChI is InChI=1S/C26H39NO8/c1-7-8-9-10-22(28)33-14-13-26(27,25(31)32-6)16-19-11-12-20(34-23(29)17(2)3)21(15-19)35-24(30)18(4)5/h11-12,15,17-18H,7-10,13-14,16,27H2,1-6H3/t26-/m1/s1. The maximum Gasteiger partial charge on any atom is 0.326 e. The Morgan fingerprint density at radius 2 is 1.54 bits per heavy atom. The number of hydrogen-bond acceptors (Lipinski definition) is 9. The summed E-state index contributed by atoms with van der Waals surface area (Å²) in [5.74, 6) is -2.67. The van der Waals surface area contributed by atoms with Crippen molar-refractivity contribution in [1.29, 1.82) is 0 Å². The van der Waals surface area contributed by atoms with Crippen LogP contribution in [0.25, 0.3) is 0 Å². The minimum Gasteiger partial charge on any atom is -0.468 e. The van der Waals surface area contributed by atoms with Gasteiger partial charge in [-0.05, 0) is 24.1 Å². The lowest BCUT2D eigenvalue weighted by Gasteiger charge is -2.27. The Kier molecular flexibility index (Phi) is 12.4. The molecule has 0 amide bonds. The Morgan fingerprint density at radius 1 is 0.943 bits per heavy atom. The van der Waals surface area contributed by atoms with Crippen LogP contribution in [0.5, 0.6) is 11.5 Å². The number of unbranched alkanes of at least 4 members (excludes halogenated alkanes) is 2. The highest BCUT2D eigenvalue weighted by atomic mass is 16.6. The third-order valence-corrected chi connectivity index (χ3v) is 5.28. The van der Waals surface area contributed by atoms with Gasteiger partial charge in [-0.2, -0.15) is 0 Å². The fraction of sp³-hybridized carbons (Fsp3) is 0.615. The van der Waals surface area contributed by atoms with Gasteiger partial charge in [-0.25, -0.2) is 0 Å². The molecule has 0 radical (unpaired) electrons. The Morgan fingerprint density at radius 3 is 2.09 bits per heavy atom. The summed E-state index contributed by atoms with van der Waals surface area (Å²) < 4.78 is 21.0. The van der Waals surface area contributed by atoms with Crippen LogP contribution in [-0.4, -0.2) is 43.1 Å². The molecule has 1 rings (SSSR count). The summed E-state index contributed by atoms with van der Waals surface area (Å²) >= 11 is 0. The van der Waals surface area contributed by atoms with Crippen molar-refractivity contribution in [2.45, 2.75) is 78.7 Å². The van der Waals surface area contributed by atoms with Gasteiger partial charge in [0, 0.05) is 19.3 Å². The van der Waals surface area contributed by atoms with Crippen LogP contribution >= 0.6 is 0 Å². The molecular formula is C26H39NO8. The molecule has 35 heavy (non-hydrogen) atoms. The van der Waals surface area contributed by atoms with Gasteiger partial charge in [-0.1, -0.05) is 53.5 Å². The lowest BCUT2D eigenvalue weighted by Crippen LogP contribution is -2.51. The Hall–Kier alpha value is -2.94. The molecule has 9 nitrogen and oxygen atoms in total. The second-order valence-electron chi connectivity index (χ2n) is 9.18. The second kappa shape index (κ2) is 14.5. The van der Waals surface area contributed by atoms with Gasteiger partial charge in [0.05, 0.1) is 25.6 Å². The molecule has 1 aromatic rings. The fourth-order valence-corrected chi connectivity index (χ4v) is 3.05. The van der Waals surface area contributed by atoms with E-state index >= 15 is 0 Å². The van der Waals surface area contributed by atoms with Gasteiger partial charge in [-0.3, -0.25) is 19.2 Å². The molecular weight excluding hydrogens is 454 g/mol. The number of benzene rings is 1. The molecule has 9 heteroatoms. The molecule has 0 saturated heterocycles. The topological polar surface area (TPSA) is 131 Å². The maximum atomic E-state index is 12.5. The number of esters is 4. The van der Waals surface area contributed by atoms with E-state index in [2.05, 4.69) is 0 Å². The van der Waals surface area contributed by atoms with Crippen molar-refractivity contribution < 1.29 is 38.1 Å². The number of ether oxygens (including phenoxy) is 4. The van der Waals surface area contributed by atoms with E-state index in [1.54, 1.807) is 33.8 Å². The van der Waals surface area contributed by atoms with E-state index in [4.69, 9.17) is 24.7 Å². The molecule has 1 aromatic carbocycles. The zero-order valence-corrected chi connectivity index (χ0v) is 21.7. The first-order valence-corrected chi connectivity index (χ1v) is 12.0. The normalized spacial score (nSPS) is 12.7. The van der Waals surface area contributed by atoms with E-state index in [-0.39, 0.29) is 42.8 Å². The summed E-state index contributed by atoms with van der Waals surface area (Å²) in [6.45, 7) is 8.73. The number of methoxy groups -OCH3 is 1. The molecule has 1 atom stereocenters. The van der Waals surface area contributed by atoms with E-state index in [0.717, 1.165) is 19.3 Å². The summed E-state index contributed by atoms with van der Waals surface area (Å²) in [6.07, 6.45) is 3.02.